The third-order valence-corrected chi connectivity index (χ3v) is 7.15. The van der Waals surface area contributed by atoms with Gasteiger partial charge in [-0.25, -0.2) is 8.42 Å². The van der Waals surface area contributed by atoms with Crippen molar-refractivity contribution < 1.29 is 17.9 Å². The number of carbonyl (C=O) groups excluding carboxylic acids is 1. The van der Waals surface area contributed by atoms with Crippen molar-refractivity contribution in [2.24, 2.45) is 5.92 Å². The second-order valence-corrected chi connectivity index (χ2v) is 9.05. The lowest BCUT2D eigenvalue weighted by Crippen LogP contribution is -2.40. The van der Waals surface area contributed by atoms with Crippen molar-refractivity contribution in [3.63, 3.8) is 0 Å². The van der Waals surface area contributed by atoms with Crippen LogP contribution in [0.2, 0.25) is 0 Å². The summed E-state index contributed by atoms with van der Waals surface area (Å²) in [5.41, 5.74) is 0.974. The zero-order chi connectivity index (χ0) is 18.4. The predicted molar refractivity (Wildman–Crippen MR) is 99.3 cm³/mol. The lowest BCUT2D eigenvalue weighted by Gasteiger charge is -2.26. The molecule has 1 aromatic rings. The molecule has 1 aliphatic carbocycles. The Balaban J connectivity index is 1.48. The molecule has 1 aromatic carbocycles. The van der Waals surface area contributed by atoms with Gasteiger partial charge in [-0.15, -0.1) is 0 Å². The number of sulfonamides is 1. The van der Waals surface area contributed by atoms with Gasteiger partial charge in [-0.1, -0.05) is 25.0 Å². The maximum absolute atomic E-state index is 12.6. The summed E-state index contributed by atoms with van der Waals surface area (Å²) in [4.78, 5) is 12.3. The van der Waals surface area contributed by atoms with E-state index in [0.29, 0.717) is 50.0 Å². The van der Waals surface area contributed by atoms with Crippen LogP contribution in [0, 0.1) is 5.92 Å². The monoisotopic (exact) mass is 380 g/mol. The van der Waals surface area contributed by atoms with Crippen LogP contribution in [0.25, 0.3) is 0 Å². The summed E-state index contributed by atoms with van der Waals surface area (Å²) in [5.74, 6) is 0.713. The maximum atomic E-state index is 12.6. The second kappa shape index (κ2) is 8.97. The van der Waals surface area contributed by atoms with E-state index < -0.39 is 10.0 Å². The van der Waals surface area contributed by atoms with Gasteiger partial charge in [0, 0.05) is 26.1 Å². The molecule has 0 aromatic heterocycles. The highest BCUT2D eigenvalue weighted by atomic mass is 32.2. The molecular weight excluding hydrogens is 352 g/mol. The van der Waals surface area contributed by atoms with Gasteiger partial charge in [0.2, 0.25) is 15.9 Å². The second-order valence-electron chi connectivity index (χ2n) is 7.11. The van der Waals surface area contributed by atoms with Crippen molar-refractivity contribution in [3.05, 3.63) is 29.8 Å². The van der Waals surface area contributed by atoms with E-state index in [1.165, 1.54) is 30.0 Å². The molecule has 2 aliphatic rings. The van der Waals surface area contributed by atoms with E-state index >= 15 is 0 Å². The number of benzene rings is 1. The summed E-state index contributed by atoms with van der Waals surface area (Å²) >= 11 is 0. The Hall–Kier alpha value is -1.44. The van der Waals surface area contributed by atoms with Gasteiger partial charge in [0.1, 0.15) is 0 Å². The van der Waals surface area contributed by atoms with Crippen molar-refractivity contribution in [3.8, 4) is 0 Å². The van der Waals surface area contributed by atoms with Gasteiger partial charge in [0.25, 0.3) is 0 Å². The molecule has 7 heteroatoms. The third kappa shape index (κ3) is 5.05. The number of hydrogen-bond acceptors (Lipinski definition) is 4. The third-order valence-electron chi connectivity index (χ3n) is 5.23. The summed E-state index contributed by atoms with van der Waals surface area (Å²) < 4.78 is 31.8. The SMILES string of the molecule is O=C(CCc1ccc(S(=O)(=O)N2CCOCC2)cc1)NCC1CCCC1. The van der Waals surface area contributed by atoms with Crippen LogP contribution in [-0.4, -0.2) is 51.5 Å². The van der Waals surface area contributed by atoms with Crippen molar-refractivity contribution in [1.29, 1.82) is 0 Å². The van der Waals surface area contributed by atoms with E-state index in [-0.39, 0.29) is 5.91 Å². The predicted octanol–water partition coefficient (Wildman–Crippen LogP) is 1.95. The van der Waals surface area contributed by atoms with E-state index in [2.05, 4.69) is 5.32 Å². The Kier molecular flexibility index (Phi) is 6.67. The molecule has 1 heterocycles. The summed E-state index contributed by atoms with van der Waals surface area (Å²) in [6.07, 6.45) is 6.05. The van der Waals surface area contributed by atoms with Gasteiger partial charge in [-0.05, 0) is 42.9 Å². The Morgan fingerprint density at radius 1 is 1.12 bits per heavy atom. The number of carbonyl (C=O) groups is 1. The topological polar surface area (TPSA) is 75.7 Å². The summed E-state index contributed by atoms with van der Waals surface area (Å²) in [5, 5.41) is 3.02. The average molecular weight is 381 g/mol. The van der Waals surface area contributed by atoms with Gasteiger partial charge in [0.05, 0.1) is 18.1 Å². The van der Waals surface area contributed by atoms with E-state index in [1.54, 1.807) is 24.3 Å². The zero-order valence-electron chi connectivity index (χ0n) is 15.2. The summed E-state index contributed by atoms with van der Waals surface area (Å²) in [6, 6.07) is 6.88. The molecule has 1 N–H and O–H groups in total. The van der Waals surface area contributed by atoms with Crippen LogP contribution in [0.1, 0.15) is 37.7 Å². The zero-order valence-corrected chi connectivity index (χ0v) is 16.0. The molecule has 1 saturated carbocycles. The summed E-state index contributed by atoms with van der Waals surface area (Å²) in [7, 11) is -3.45. The summed E-state index contributed by atoms with van der Waals surface area (Å²) in [6.45, 7) is 2.45. The van der Waals surface area contributed by atoms with Gasteiger partial charge in [-0.2, -0.15) is 4.31 Å². The highest BCUT2D eigenvalue weighted by Crippen LogP contribution is 2.23. The van der Waals surface area contributed by atoms with Crippen LogP contribution < -0.4 is 5.32 Å². The number of ether oxygens (including phenoxy) is 1. The molecule has 0 spiro atoms. The van der Waals surface area contributed by atoms with Crippen molar-refractivity contribution in [2.75, 3.05) is 32.8 Å². The Morgan fingerprint density at radius 3 is 2.42 bits per heavy atom. The molecule has 1 aliphatic heterocycles. The van der Waals surface area contributed by atoms with Gasteiger partial charge >= 0.3 is 0 Å². The molecule has 26 heavy (non-hydrogen) atoms. The Bertz CT molecular complexity index is 691. The minimum absolute atomic E-state index is 0.0712. The van der Waals surface area contributed by atoms with Gasteiger partial charge in [-0.3, -0.25) is 4.79 Å². The Labute approximate surface area is 156 Å². The van der Waals surface area contributed by atoms with Crippen LogP contribution in [0.3, 0.4) is 0 Å². The number of amides is 1. The fourth-order valence-electron chi connectivity index (χ4n) is 3.58. The van der Waals surface area contributed by atoms with Crippen LogP contribution in [0.15, 0.2) is 29.2 Å². The number of aryl methyl sites for hydroxylation is 1. The van der Waals surface area contributed by atoms with E-state index in [4.69, 9.17) is 4.74 Å². The first-order chi connectivity index (χ1) is 12.6. The fraction of sp³-hybridized carbons (Fsp3) is 0.632. The van der Waals surface area contributed by atoms with Crippen molar-refractivity contribution in [1.82, 2.24) is 9.62 Å². The number of nitrogens with one attached hydrogen (secondary N) is 1. The minimum Gasteiger partial charge on any atom is -0.379 e. The lowest BCUT2D eigenvalue weighted by atomic mass is 10.1. The Morgan fingerprint density at radius 2 is 1.77 bits per heavy atom. The quantitative estimate of drug-likeness (QED) is 0.784. The number of hydrogen-bond donors (Lipinski definition) is 1. The molecule has 1 amide bonds. The van der Waals surface area contributed by atoms with Crippen molar-refractivity contribution in [2.45, 2.75) is 43.4 Å². The average Bonchev–Trinajstić information content (AvgIpc) is 3.19. The molecule has 144 valence electrons. The number of morpholine rings is 1. The first-order valence-corrected chi connectivity index (χ1v) is 10.9. The molecule has 3 rings (SSSR count). The highest BCUT2D eigenvalue weighted by molar-refractivity contribution is 7.89. The first-order valence-electron chi connectivity index (χ1n) is 9.49. The van der Waals surface area contributed by atoms with Gasteiger partial charge in [0.15, 0.2) is 0 Å². The minimum atomic E-state index is -3.45. The highest BCUT2D eigenvalue weighted by Gasteiger charge is 2.26. The normalized spacial score (nSPS) is 19.5. The van der Waals surface area contributed by atoms with E-state index in [1.807, 2.05) is 0 Å². The molecule has 2 fully saturated rings. The fourth-order valence-corrected chi connectivity index (χ4v) is 4.99. The molecule has 6 nitrogen and oxygen atoms in total. The van der Waals surface area contributed by atoms with E-state index in [0.717, 1.165) is 12.1 Å². The maximum Gasteiger partial charge on any atom is 0.243 e. The van der Waals surface area contributed by atoms with Crippen LogP contribution in [0.5, 0.6) is 0 Å². The molecule has 0 radical (unpaired) electrons. The lowest BCUT2D eigenvalue weighted by molar-refractivity contribution is -0.121. The molecule has 0 unspecified atom stereocenters. The number of nitrogens with zero attached hydrogens (tertiary/aromatic N) is 1. The standard InChI is InChI=1S/C19H28N2O4S/c22-19(20-15-17-3-1-2-4-17)10-7-16-5-8-18(9-6-16)26(23,24)21-11-13-25-14-12-21/h5-6,8-9,17H,1-4,7,10-15H2,(H,20,22). The van der Waals surface area contributed by atoms with Crippen molar-refractivity contribution >= 4 is 15.9 Å². The molecule has 1 saturated heterocycles. The van der Waals surface area contributed by atoms with E-state index in [9.17, 15) is 13.2 Å². The van der Waals surface area contributed by atoms with Crippen LogP contribution >= 0.6 is 0 Å². The smallest absolute Gasteiger partial charge is 0.243 e. The largest absolute Gasteiger partial charge is 0.379 e. The van der Waals surface area contributed by atoms with Crippen LogP contribution in [0.4, 0.5) is 0 Å². The number of rotatable bonds is 7. The molecule has 0 atom stereocenters. The van der Waals surface area contributed by atoms with Gasteiger partial charge < -0.3 is 10.1 Å². The van der Waals surface area contributed by atoms with Crippen LogP contribution in [-0.2, 0) is 26.0 Å². The molecular formula is C19H28N2O4S. The molecule has 0 bridgehead atoms. The first kappa shape index (κ1) is 19.3.